The zero-order valence-electron chi connectivity index (χ0n) is 19.7. The molecule has 0 saturated carbocycles. The van der Waals surface area contributed by atoms with Crippen molar-refractivity contribution in [1.29, 1.82) is 5.41 Å². The van der Waals surface area contributed by atoms with Crippen molar-refractivity contribution in [2.24, 2.45) is 0 Å². The molecule has 1 heterocycles. The number of ether oxygens (including phenoxy) is 1. The van der Waals surface area contributed by atoms with E-state index in [0.29, 0.717) is 11.4 Å². The number of alkyl halides is 3. The molecule has 0 bridgehead atoms. The Kier molecular flexibility index (Phi) is 8.49. The van der Waals surface area contributed by atoms with E-state index in [2.05, 4.69) is 0 Å². The number of aliphatic hydroxyl groups is 3. The maximum absolute atomic E-state index is 14.5. The molecule has 0 fully saturated rings. The second-order valence-electron chi connectivity index (χ2n) is 8.22. The first-order valence-corrected chi connectivity index (χ1v) is 11.2. The Morgan fingerprint density at radius 3 is 2.41 bits per heavy atom. The van der Waals surface area contributed by atoms with E-state index in [0.717, 1.165) is 35.2 Å². The molecule has 6 N–H and O–H groups in total. The van der Waals surface area contributed by atoms with Crippen molar-refractivity contribution in [1.82, 2.24) is 4.57 Å². The Balaban J connectivity index is 2.12. The Bertz CT molecular complexity index is 1260. The molecule has 0 aliphatic carbocycles. The third kappa shape index (κ3) is 5.88. The molecular weight excluding hydrogens is 498 g/mol. The number of hydrogen-bond donors (Lipinski definition) is 5. The number of nitrogens with two attached hydrogens (primary N) is 1. The Morgan fingerprint density at radius 2 is 1.84 bits per heavy atom. The lowest BCUT2D eigenvalue weighted by molar-refractivity contribution is -0.478. The summed E-state index contributed by atoms with van der Waals surface area (Å²) >= 11 is 0. The van der Waals surface area contributed by atoms with E-state index < -0.39 is 53.9 Å². The molecule has 1 aromatic heterocycles. The Morgan fingerprint density at radius 1 is 1.16 bits per heavy atom. The average Bonchev–Trinajstić information content (AvgIpc) is 3.28. The van der Waals surface area contributed by atoms with E-state index in [-0.39, 0.29) is 17.9 Å². The van der Waals surface area contributed by atoms with Gasteiger partial charge in [0.15, 0.2) is 0 Å². The topological polar surface area (TPSA) is 132 Å². The zero-order valence-corrected chi connectivity index (χ0v) is 19.7. The monoisotopic (exact) mass is 524 g/mol. The fraction of sp³-hybridized carbons (Fsp3) is 0.280. The number of carbonyl (C=O) groups excluding carboxylic acids is 1. The summed E-state index contributed by atoms with van der Waals surface area (Å²) in [5.41, 5.74) is -4.36. The van der Waals surface area contributed by atoms with Crippen molar-refractivity contribution in [3.8, 4) is 0 Å². The number of aromatic nitrogens is 1. The minimum Gasteiger partial charge on any atom is -0.461 e. The third-order valence-electron chi connectivity index (χ3n) is 5.68. The van der Waals surface area contributed by atoms with Crippen LogP contribution >= 0.6 is 0 Å². The van der Waals surface area contributed by atoms with Gasteiger partial charge in [0.2, 0.25) is 5.60 Å². The van der Waals surface area contributed by atoms with Gasteiger partial charge in [-0.05, 0) is 42.8 Å². The van der Waals surface area contributed by atoms with Crippen molar-refractivity contribution in [2.45, 2.75) is 31.3 Å². The van der Waals surface area contributed by atoms with E-state index in [1.54, 1.807) is 5.32 Å². The molecule has 3 rings (SSSR count). The SMILES string of the molecule is CCOC(=O)c1cc(C(O)(c2ccc([NH2+]c3ccc(F)cc3)c(C=N)c2)C(F)(F)F)cn1CC(O)CO. The van der Waals surface area contributed by atoms with Gasteiger partial charge in [-0.25, -0.2) is 9.18 Å². The van der Waals surface area contributed by atoms with E-state index in [9.17, 15) is 32.6 Å². The van der Waals surface area contributed by atoms with Crippen LogP contribution in [0.1, 0.15) is 34.1 Å². The number of nitrogens with zero attached hydrogens (tertiary/aromatic N) is 1. The predicted octanol–water partition coefficient (Wildman–Crippen LogP) is 2.48. The lowest BCUT2D eigenvalue weighted by Gasteiger charge is -2.31. The van der Waals surface area contributed by atoms with Crippen LogP contribution in [0.15, 0.2) is 54.7 Å². The average molecular weight is 524 g/mol. The van der Waals surface area contributed by atoms with Gasteiger partial charge in [-0.15, -0.1) is 0 Å². The number of quaternary nitrogens is 1. The lowest BCUT2D eigenvalue weighted by atomic mass is 9.86. The molecule has 2 atom stereocenters. The fourth-order valence-electron chi connectivity index (χ4n) is 3.81. The zero-order chi connectivity index (χ0) is 27.4. The summed E-state index contributed by atoms with van der Waals surface area (Å²) in [7, 11) is 0. The van der Waals surface area contributed by atoms with Crippen LogP contribution < -0.4 is 5.32 Å². The molecule has 0 aliphatic heterocycles. The normalized spacial score (nSPS) is 14.2. The molecule has 198 valence electrons. The van der Waals surface area contributed by atoms with Crippen LogP contribution in [0.5, 0.6) is 0 Å². The molecule has 3 aromatic rings. The second kappa shape index (κ2) is 11.2. The van der Waals surface area contributed by atoms with Gasteiger partial charge in [0.1, 0.15) is 22.9 Å². The number of esters is 1. The lowest BCUT2D eigenvalue weighted by Crippen LogP contribution is -2.71. The summed E-state index contributed by atoms with van der Waals surface area (Å²) in [6.45, 7) is 0.286. The van der Waals surface area contributed by atoms with Crippen LogP contribution in [0.4, 0.5) is 28.9 Å². The largest absolute Gasteiger partial charge is 0.461 e. The molecule has 0 spiro atoms. The summed E-state index contributed by atoms with van der Waals surface area (Å²) in [6, 6.07) is 9.50. The Labute approximate surface area is 209 Å². The molecule has 0 radical (unpaired) electrons. The van der Waals surface area contributed by atoms with Gasteiger partial charge in [-0.3, -0.25) is 5.32 Å². The number of carbonyl (C=O) groups is 1. The van der Waals surface area contributed by atoms with Crippen molar-refractivity contribution in [2.75, 3.05) is 13.2 Å². The van der Waals surface area contributed by atoms with Crippen molar-refractivity contribution in [3.05, 3.63) is 82.9 Å². The summed E-state index contributed by atoms with van der Waals surface area (Å²) in [6.07, 6.45) is -4.97. The molecule has 12 heteroatoms. The highest BCUT2D eigenvalue weighted by atomic mass is 19.4. The molecule has 8 nitrogen and oxygen atoms in total. The van der Waals surface area contributed by atoms with E-state index in [1.165, 1.54) is 37.3 Å². The smallest absolute Gasteiger partial charge is 0.425 e. The first kappa shape index (κ1) is 28.0. The molecule has 37 heavy (non-hydrogen) atoms. The highest BCUT2D eigenvalue weighted by molar-refractivity contribution is 5.88. The van der Waals surface area contributed by atoms with Gasteiger partial charge >= 0.3 is 12.1 Å². The summed E-state index contributed by atoms with van der Waals surface area (Å²) in [5, 5.41) is 39.3. The van der Waals surface area contributed by atoms with Gasteiger partial charge in [-0.1, -0.05) is 0 Å². The van der Waals surface area contributed by atoms with E-state index >= 15 is 0 Å². The number of nitrogens with one attached hydrogen (secondary N) is 1. The number of aliphatic hydroxyl groups excluding tert-OH is 2. The molecule has 2 aromatic carbocycles. The van der Waals surface area contributed by atoms with Crippen LogP contribution in [0.25, 0.3) is 0 Å². The number of hydrogen-bond acceptors (Lipinski definition) is 6. The van der Waals surface area contributed by atoms with Gasteiger partial charge in [0.25, 0.3) is 0 Å². The minimum atomic E-state index is -5.26. The van der Waals surface area contributed by atoms with Crippen molar-refractivity contribution < 1.29 is 47.7 Å². The van der Waals surface area contributed by atoms with E-state index in [1.807, 2.05) is 0 Å². The van der Waals surface area contributed by atoms with Crippen LogP contribution in [0, 0.1) is 11.2 Å². The van der Waals surface area contributed by atoms with Crippen molar-refractivity contribution >= 4 is 23.6 Å². The second-order valence-corrected chi connectivity index (χ2v) is 8.22. The quantitative estimate of drug-likeness (QED) is 0.120. The van der Waals surface area contributed by atoms with Crippen LogP contribution in [0.2, 0.25) is 0 Å². The fourth-order valence-corrected chi connectivity index (χ4v) is 3.81. The summed E-state index contributed by atoms with van der Waals surface area (Å²) in [4.78, 5) is 12.4. The molecule has 0 amide bonds. The Hall–Kier alpha value is -3.58. The maximum Gasteiger partial charge on any atom is 0.425 e. The predicted molar refractivity (Wildman–Crippen MR) is 125 cm³/mol. The molecule has 0 aliphatic rings. The van der Waals surface area contributed by atoms with Gasteiger partial charge in [0, 0.05) is 36.2 Å². The van der Waals surface area contributed by atoms with Crippen LogP contribution in [-0.4, -0.2) is 57.6 Å². The first-order valence-electron chi connectivity index (χ1n) is 11.2. The first-order chi connectivity index (χ1) is 17.4. The van der Waals surface area contributed by atoms with Gasteiger partial charge < -0.3 is 30.0 Å². The number of rotatable bonds is 10. The summed E-state index contributed by atoms with van der Waals surface area (Å²) < 4.78 is 62.4. The highest BCUT2D eigenvalue weighted by Crippen LogP contribution is 2.45. The number of halogens is 4. The summed E-state index contributed by atoms with van der Waals surface area (Å²) in [5.74, 6) is -1.44. The molecular formula is C25H26F4N3O5+. The number of benzene rings is 2. The minimum absolute atomic E-state index is 0.0465. The highest BCUT2D eigenvalue weighted by Gasteiger charge is 2.57. The van der Waals surface area contributed by atoms with Crippen LogP contribution in [0.3, 0.4) is 0 Å². The maximum atomic E-state index is 14.5. The van der Waals surface area contributed by atoms with Gasteiger partial charge in [0.05, 0.1) is 31.4 Å². The molecule has 2 unspecified atom stereocenters. The van der Waals surface area contributed by atoms with Crippen molar-refractivity contribution in [3.63, 3.8) is 0 Å². The third-order valence-corrected chi connectivity index (χ3v) is 5.68. The van der Waals surface area contributed by atoms with Gasteiger partial charge in [-0.2, -0.15) is 13.2 Å². The van der Waals surface area contributed by atoms with Crippen LogP contribution in [-0.2, 0) is 16.9 Å². The molecule has 0 saturated heterocycles. The standard InChI is InChI=1S/C25H25F4N3O5/c1-2-37-23(35)22-10-17(12-32(22)13-20(34)14-33)24(36,25(27,28)29)16-3-8-21(15(9-16)11-30)31-19-6-4-18(26)5-7-19/h3-12,20,30-31,33-34,36H,2,13-14H2,1H3/p+1. The van der Waals surface area contributed by atoms with E-state index in [4.69, 9.17) is 15.3 Å².